The second-order valence-electron chi connectivity index (χ2n) is 12.0. The number of benzene rings is 3. The van der Waals surface area contributed by atoms with Crippen LogP contribution < -0.4 is 5.32 Å². The van der Waals surface area contributed by atoms with Crippen molar-refractivity contribution in [2.75, 3.05) is 26.8 Å². The molecule has 1 N–H and O–H groups in total. The second-order valence-corrected chi connectivity index (χ2v) is 12.0. The van der Waals surface area contributed by atoms with E-state index in [1.807, 2.05) is 19.1 Å². The van der Waals surface area contributed by atoms with Crippen LogP contribution in [0.25, 0.3) is 0 Å². The molecule has 45 heavy (non-hydrogen) atoms. The van der Waals surface area contributed by atoms with Crippen LogP contribution in [-0.4, -0.2) is 54.2 Å². The Morgan fingerprint density at radius 1 is 1.00 bits per heavy atom. The van der Waals surface area contributed by atoms with Crippen molar-refractivity contribution in [3.8, 4) is 0 Å². The summed E-state index contributed by atoms with van der Waals surface area (Å²) in [6.45, 7) is 7.06. The van der Waals surface area contributed by atoms with Gasteiger partial charge in [-0.1, -0.05) is 72.8 Å². The molecule has 3 aromatic carbocycles. The lowest BCUT2D eigenvalue weighted by molar-refractivity contribution is -0.384. The smallest absolute Gasteiger partial charge is 0.336 e. The fourth-order valence-corrected chi connectivity index (χ4v) is 7.46. The number of piperidine rings is 1. The van der Waals surface area contributed by atoms with Gasteiger partial charge in [0.05, 0.1) is 24.2 Å². The third-order valence-electron chi connectivity index (χ3n) is 9.47. The summed E-state index contributed by atoms with van der Waals surface area (Å²) >= 11 is 0. The number of methoxy groups -OCH3 is 1. The standard InChI is InChI=1S/C36H41N3O6/c1-5-45-35(41)33-32(28-17-12-18-29(23-28)39(42)43)30(34(40)44-4)24(2)37-36(33,3)38-21-19-27(20-22-38)31(25-13-8-6-9-14-25)26-15-10-7-11-16-26/h6-18,23,27,31-33,37H,5,19-22H2,1-4H3. The number of nitrogens with one attached hydrogen (secondary N) is 1. The molecular weight excluding hydrogens is 570 g/mol. The zero-order valence-electron chi connectivity index (χ0n) is 26.3. The van der Waals surface area contributed by atoms with E-state index in [0.717, 1.165) is 12.8 Å². The normalized spacial score (nSPS) is 22.5. The van der Waals surface area contributed by atoms with Crippen molar-refractivity contribution in [1.82, 2.24) is 10.2 Å². The van der Waals surface area contributed by atoms with Crippen LogP contribution in [0.5, 0.6) is 0 Å². The first-order chi connectivity index (χ1) is 21.7. The maximum absolute atomic E-state index is 14.0. The van der Waals surface area contributed by atoms with E-state index in [0.29, 0.717) is 30.3 Å². The van der Waals surface area contributed by atoms with Gasteiger partial charge in [-0.15, -0.1) is 0 Å². The molecule has 9 heteroatoms. The van der Waals surface area contributed by atoms with Crippen molar-refractivity contribution in [3.05, 3.63) is 123 Å². The summed E-state index contributed by atoms with van der Waals surface area (Å²) in [6, 6.07) is 27.3. The van der Waals surface area contributed by atoms with Crippen LogP contribution in [-0.2, 0) is 19.1 Å². The minimum atomic E-state index is -0.955. The highest BCUT2D eigenvalue weighted by atomic mass is 16.6. The first kappa shape index (κ1) is 31.9. The van der Waals surface area contributed by atoms with Crippen molar-refractivity contribution in [3.63, 3.8) is 0 Å². The van der Waals surface area contributed by atoms with Crippen LogP contribution in [0.15, 0.2) is 96.2 Å². The first-order valence-corrected chi connectivity index (χ1v) is 15.5. The van der Waals surface area contributed by atoms with E-state index in [-0.39, 0.29) is 23.8 Å². The topological polar surface area (TPSA) is 111 Å². The summed E-state index contributed by atoms with van der Waals surface area (Å²) in [6.07, 6.45) is 1.77. The van der Waals surface area contributed by atoms with Gasteiger partial charge in [0.1, 0.15) is 11.6 Å². The number of likely N-dealkylation sites (tertiary alicyclic amines) is 1. The molecule has 2 heterocycles. The number of nitro groups is 1. The van der Waals surface area contributed by atoms with Gasteiger partial charge in [-0.05, 0) is 56.2 Å². The van der Waals surface area contributed by atoms with E-state index in [9.17, 15) is 19.7 Å². The molecule has 0 spiro atoms. The van der Waals surface area contributed by atoms with E-state index < -0.39 is 34.4 Å². The van der Waals surface area contributed by atoms with Gasteiger partial charge in [0.25, 0.3) is 5.69 Å². The molecule has 3 atom stereocenters. The number of hydrogen-bond acceptors (Lipinski definition) is 8. The zero-order chi connectivity index (χ0) is 32.1. The molecule has 3 aromatic rings. The number of non-ortho nitro benzene ring substituents is 1. The summed E-state index contributed by atoms with van der Waals surface area (Å²) in [5.41, 5.74) is 2.79. The largest absolute Gasteiger partial charge is 0.466 e. The maximum Gasteiger partial charge on any atom is 0.336 e. The number of nitro benzene ring substituents is 1. The molecule has 0 saturated carbocycles. The Morgan fingerprint density at radius 3 is 2.13 bits per heavy atom. The van der Waals surface area contributed by atoms with Gasteiger partial charge in [0, 0.05) is 42.8 Å². The SMILES string of the molecule is CCOC(=O)C1C(c2cccc([N+](=O)[O-])c2)C(C(=O)OC)=C(C)NC1(C)N1CCC(C(c2ccccc2)c2ccccc2)CC1. The summed E-state index contributed by atoms with van der Waals surface area (Å²) < 4.78 is 10.8. The average molecular weight is 612 g/mol. The van der Waals surface area contributed by atoms with Gasteiger partial charge in [-0.3, -0.25) is 19.8 Å². The van der Waals surface area contributed by atoms with Crippen LogP contribution in [0.4, 0.5) is 5.69 Å². The Bertz CT molecular complexity index is 1510. The highest BCUT2D eigenvalue weighted by Gasteiger charge is 2.55. The third-order valence-corrected chi connectivity index (χ3v) is 9.47. The van der Waals surface area contributed by atoms with Gasteiger partial charge < -0.3 is 14.8 Å². The van der Waals surface area contributed by atoms with E-state index in [4.69, 9.17) is 9.47 Å². The summed E-state index contributed by atoms with van der Waals surface area (Å²) in [7, 11) is 1.29. The Kier molecular flexibility index (Phi) is 9.68. The number of hydrogen-bond donors (Lipinski definition) is 1. The summed E-state index contributed by atoms with van der Waals surface area (Å²) in [5, 5.41) is 15.3. The molecule has 2 aliphatic heterocycles. The van der Waals surface area contributed by atoms with Crippen molar-refractivity contribution >= 4 is 17.6 Å². The molecule has 0 aromatic heterocycles. The molecule has 1 fully saturated rings. The van der Waals surface area contributed by atoms with E-state index >= 15 is 0 Å². The highest BCUT2D eigenvalue weighted by molar-refractivity contribution is 5.93. The minimum Gasteiger partial charge on any atom is -0.466 e. The van der Waals surface area contributed by atoms with Crippen molar-refractivity contribution in [2.24, 2.45) is 11.8 Å². The molecule has 0 amide bonds. The molecule has 9 nitrogen and oxygen atoms in total. The van der Waals surface area contributed by atoms with Crippen LogP contribution in [0, 0.1) is 22.0 Å². The Balaban J connectivity index is 1.54. The predicted octanol–water partition coefficient (Wildman–Crippen LogP) is 6.17. The first-order valence-electron chi connectivity index (χ1n) is 15.5. The Hall–Kier alpha value is -4.50. The fourth-order valence-electron chi connectivity index (χ4n) is 7.46. The van der Waals surface area contributed by atoms with Gasteiger partial charge in [-0.2, -0.15) is 0 Å². The van der Waals surface area contributed by atoms with Crippen molar-refractivity contribution in [1.29, 1.82) is 0 Å². The lowest BCUT2D eigenvalue weighted by Crippen LogP contribution is -2.68. The van der Waals surface area contributed by atoms with E-state index in [2.05, 4.69) is 58.7 Å². The number of ether oxygens (including phenoxy) is 2. The molecule has 236 valence electrons. The number of esters is 2. The average Bonchev–Trinajstić information content (AvgIpc) is 3.05. The van der Waals surface area contributed by atoms with Crippen LogP contribution >= 0.6 is 0 Å². The minimum absolute atomic E-state index is 0.120. The fraction of sp³-hybridized carbons (Fsp3) is 0.389. The molecule has 0 radical (unpaired) electrons. The number of carbonyl (C=O) groups is 2. The van der Waals surface area contributed by atoms with Crippen molar-refractivity contribution < 1.29 is 24.0 Å². The monoisotopic (exact) mass is 611 g/mol. The number of carbonyl (C=O) groups excluding carboxylic acids is 2. The van der Waals surface area contributed by atoms with E-state index in [1.54, 1.807) is 26.0 Å². The van der Waals surface area contributed by atoms with Crippen LogP contribution in [0.3, 0.4) is 0 Å². The molecule has 1 saturated heterocycles. The Morgan fingerprint density at radius 2 is 1.60 bits per heavy atom. The van der Waals surface area contributed by atoms with Crippen molar-refractivity contribution in [2.45, 2.75) is 51.1 Å². The van der Waals surface area contributed by atoms with Gasteiger partial charge in [-0.25, -0.2) is 4.79 Å². The molecule has 2 aliphatic rings. The highest BCUT2D eigenvalue weighted by Crippen LogP contribution is 2.48. The molecule has 0 aliphatic carbocycles. The quantitative estimate of drug-likeness (QED) is 0.174. The predicted molar refractivity (Wildman–Crippen MR) is 171 cm³/mol. The van der Waals surface area contributed by atoms with Gasteiger partial charge in [0.2, 0.25) is 0 Å². The Labute approximate surface area is 264 Å². The summed E-state index contributed by atoms with van der Waals surface area (Å²) in [5.74, 6) is -2.21. The maximum atomic E-state index is 14.0. The number of nitrogens with zero attached hydrogens (tertiary/aromatic N) is 2. The molecule has 3 unspecified atom stereocenters. The second kappa shape index (κ2) is 13.6. The zero-order valence-corrected chi connectivity index (χ0v) is 26.3. The van der Waals surface area contributed by atoms with Gasteiger partial charge >= 0.3 is 11.9 Å². The lowest BCUT2D eigenvalue weighted by atomic mass is 9.69. The van der Waals surface area contributed by atoms with Gasteiger partial charge in [0.15, 0.2) is 0 Å². The molecule has 5 rings (SSSR count). The third kappa shape index (κ3) is 6.35. The number of allylic oxidation sites excluding steroid dienone is 1. The van der Waals surface area contributed by atoms with Crippen LogP contribution in [0.1, 0.15) is 62.1 Å². The lowest BCUT2D eigenvalue weighted by Gasteiger charge is -2.54. The van der Waals surface area contributed by atoms with Crippen LogP contribution in [0.2, 0.25) is 0 Å². The van der Waals surface area contributed by atoms with E-state index in [1.165, 1.54) is 30.4 Å². The number of rotatable bonds is 9. The molecular formula is C36H41N3O6. The summed E-state index contributed by atoms with van der Waals surface area (Å²) in [4.78, 5) is 40.8. The molecule has 0 bridgehead atoms.